The molecule has 0 fully saturated rings. The molecule has 0 aromatic carbocycles. The van der Waals surface area contributed by atoms with Crippen LogP contribution in [-0.2, 0) is 0 Å². The molecule has 2 unspecified atom stereocenters. The van der Waals surface area contributed by atoms with Crippen LogP contribution in [0.15, 0.2) is 30.9 Å². The van der Waals surface area contributed by atoms with Crippen LogP contribution in [0.3, 0.4) is 0 Å². The van der Waals surface area contributed by atoms with Crippen molar-refractivity contribution in [3.63, 3.8) is 0 Å². The van der Waals surface area contributed by atoms with Gasteiger partial charge in [-0.15, -0.1) is 0 Å². The van der Waals surface area contributed by atoms with Gasteiger partial charge in [0, 0.05) is 12.4 Å². The highest BCUT2D eigenvalue weighted by Crippen LogP contribution is 2.18. The Balaban J connectivity index is 0.000000242. The summed E-state index contributed by atoms with van der Waals surface area (Å²) in [6.45, 7) is 11.1. The monoisotopic (exact) mass is 384 g/mol. The van der Waals surface area contributed by atoms with E-state index < -0.39 is 0 Å². The first-order valence-corrected chi connectivity index (χ1v) is 10.1. The fraction of sp³-hybridized carbons (Fsp3) is 0.524. The first-order chi connectivity index (χ1) is 13.5. The smallest absolute Gasteiger partial charge is 0.261 e. The minimum absolute atomic E-state index is 0.256. The number of fused-ring (bicyclic) bond motifs is 1. The molecule has 3 heterocycles. The number of nitrogens with one attached hydrogen (secondary N) is 2. The molecular formula is C21H32N6O. The van der Waals surface area contributed by atoms with Crippen LogP contribution in [-0.4, -0.2) is 30.7 Å². The third kappa shape index (κ3) is 5.90. The van der Waals surface area contributed by atoms with Crippen molar-refractivity contribution >= 4 is 17.2 Å². The number of H-pyrrole nitrogens is 1. The number of aromatic nitrogens is 5. The minimum Gasteiger partial charge on any atom is -0.319 e. The summed E-state index contributed by atoms with van der Waals surface area (Å²) in [5.74, 6) is 1.62. The van der Waals surface area contributed by atoms with E-state index in [2.05, 4.69) is 53.3 Å². The van der Waals surface area contributed by atoms with Crippen LogP contribution in [0, 0.1) is 18.8 Å². The number of hydrogen-bond donors (Lipinski definition) is 2. The molecule has 2 N–H and O–H groups in total. The van der Waals surface area contributed by atoms with E-state index in [-0.39, 0.29) is 5.91 Å². The zero-order valence-corrected chi connectivity index (χ0v) is 17.6. The summed E-state index contributed by atoms with van der Waals surface area (Å²) in [6.07, 6.45) is 11.9. The van der Waals surface area contributed by atoms with Crippen LogP contribution >= 0.6 is 0 Å². The van der Waals surface area contributed by atoms with Crippen LogP contribution < -0.4 is 5.32 Å². The second-order valence-electron chi connectivity index (χ2n) is 7.45. The molecule has 152 valence electrons. The highest BCUT2D eigenvalue weighted by Gasteiger charge is 2.14. The highest BCUT2D eigenvalue weighted by molar-refractivity contribution is 6.08. The molecule has 0 spiro atoms. The van der Waals surface area contributed by atoms with E-state index in [1.165, 1.54) is 31.9 Å². The maximum atomic E-state index is 12.1. The molecule has 3 aromatic rings. The average Bonchev–Trinajstić information content (AvgIpc) is 3.28. The molecule has 1 amide bonds. The molecule has 28 heavy (non-hydrogen) atoms. The molecule has 3 aromatic heterocycles. The Morgan fingerprint density at radius 2 is 2.04 bits per heavy atom. The summed E-state index contributed by atoms with van der Waals surface area (Å²) in [4.78, 5) is 16.2. The quantitative estimate of drug-likeness (QED) is 0.608. The molecule has 7 nitrogen and oxygen atoms in total. The van der Waals surface area contributed by atoms with Gasteiger partial charge in [-0.25, -0.2) is 9.50 Å². The summed E-state index contributed by atoms with van der Waals surface area (Å²) in [6, 6.07) is 1.75. The number of hydrogen-bond acceptors (Lipinski definition) is 4. The molecular weight excluding hydrogens is 352 g/mol. The predicted octanol–water partition coefficient (Wildman–Crippen LogP) is 4.87. The van der Waals surface area contributed by atoms with Gasteiger partial charge >= 0.3 is 0 Å². The minimum atomic E-state index is -0.256. The van der Waals surface area contributed by atoms with Gasteiger partial charge in [-0.3, -0.25) is 9.89 Å². The Morgan fingerprint density at radius 1 is 1.25 bits per heavy atom. The molecule has 0 aliphatic heterocycles. The lowest BCUT2D eigenvalue weighted by atomic mass is 9.92. The van der Waals surface area contributed by atoms with Crippen molar-refractivity contribution < 1.29 is 4.79 Å². The second-order valence-corrected chi connectivity index (χ2v) is 7.45. The summed E-state index contributed by atoms with van der Waals surface area (Å²) >= 11 is 0. The molecule has 0 saturated carbocycles. The Hall–Kier alpha value is -2.70. The summed E-state index contributed by atoms with van der Waals surface area (Å²) in [5, 5.41) is 13.4. The van der Waals surface area contributed by atoms with Gasteiger partial charge in [-0.05, 0) is 31.2 Å². The average molecular weight is 385 g/mol. The predicted molar refractivity (Wildman–Crippen MR) is 112 cm³/mol. The molecule has 3 rings (SSSR count). The standard InChI is InChI=1S/C11H10N6O.C10H22/c1-7-9(6-13-16-7)15-11(18)8-5-14-17-4-2-3-12-10(8)17;1-5-7-10(4)8-9(3)6-2/h2-6H,1H3,(H,13,16)(H,15,18);9-10H,5-8H2,1-4H3. The van der Waals surface area contributed by atoms with E-state index in [0.717, 1.165) is 17.5 Å². The van der Waals surface area contributed by atoms with Crippen molar-refractivity contribution in [1.29, 1.82) is 0 Å². The van der Waals surface area contributed by atoms with Crippen LogP contribution in [0.2, 0.25) is 0 Å². The topological polar surface area (TPSA) is 88.0 Å². The van der Waals surface area contributed by atoms with E-state index in [9.17, 15) is 4.79 Å². The number of aromatic amines is 1. The van der Waals surface area contributed by atoms with Crippen LogP contribution in [0.1, 0.15) is 69.4 Å². The molecule has 0 saturated heterocycles. The van der Waals surface area contributed by atoms with Crippen molar-refractivity contribution in [1.82, 2.24) is 24.8 Å². The third-order valence-electron chi connectivity index (χ3n) is 4.89. The van der Waals surface area contributed by atoms with Gasteiger partial charge in [0.2, 0.25) is 0 Å². The van der Waals surface area contributed by atoms with E-state index in [0.29, 0.717) is 16.9 Å². The zero-order valence-electron chi connectivity index (χ0n) is 17.6. The van der Waals surface area contributed by atoms with Gasteiger partial charge in [0.1, 0.15) is 5.56 Å². The first-order valence-electron chi connectivity index (χ1n) is 10.1. The fourth-order valence-corrected chi connectivity index (χ4v) is 3.12. The lowest BCUT2D eigenvalue weighted by Crippen LogP contribution is -2.12. The Labute approximate surface area is 167 Å². The largest absolute Gasteiger partial charge is 0.319 e. The Kier molecular flexibility index (Phi) is 8.17. The van der Waals surface area contributed by atoms with Gasteiger partial charge in [0.25, 0.3) is 5.91 Å². The molecule has 0 aliphatic carbocycles. The van der Waals surface area contributed by atoms with Crippen molar-refractivity contribution in [3.8, 4) is 0 Å². The van der Waals surface area contributed by atoms with E-state index in [1.54, 1.807) is 29.2 Å². The Bertz CT molecular complexity index is 869. The zero-order chi connectivity index (χ0) is 20.5. The first kappa shape index (κ1) is 21.6. The van der Waals surface area contributed by atoms with Gasteiger partial charge in [-0.2, -0.15) is 10.2 Å². The van der Waals surface area contributed by atoms with Crippen LogP contribution in [0.5, 0.6) is 0 Å². The van der Waals surface area contributed by atoms with Gasteiger partial charge in [-0.1, -0.05) is 47.0 Å². The number of aryl methyl sites for hydroxylation is 1. The number of nitrogens with zero attached hydrogens (tertiary/aromatic N) is 4. The van der Waals surface area contributed by atoms with Crippen molar-refractivity contribution in [2.75, 3.05) is 5.32 Å². The molecule has 0 aliphatic rings. The summed E-state index contributed by atoms with van der Waals surface area (Å²) < 4.78 is 1.55. The lowest BCUT2D eigenvalue weighted by Gasteiger charge is -2.14. The van der Waals surface area contributed by atoms with Crippen LogP contribution in [0.4, 0.5) is 5.69 Å². The van der Waals surface area contributed by atoms with Crippen molar-refractivity contribution in [3.05, 3.63) is 42.1 Å². The normalized spacial score (nSPS) is 12.9. The fourth-order valence-electron chi connectivity index (χ4n) is 3.12. The van der Waals surface area contributed by atoms with Gasteiger partial charge < -0.3 is 5.32 Å². The maximum absolute atomic E-state index is 12.1. The van der Waals surface area contributed by atoms with Crippen molar-refractivity contribution in [2.24, 2.45) is 11.8 Å². The van der Waals surface area contributed by atoms with E-state index >= 15 is 0 Å². The summed E-state index contributed by atoms with van der Waals surface area (Å²) in [5.41, 5.74) is 2.40. The van der Waals surface area contributed by atoms with E-state index in [4.69, 9.17) is 0 Å². The van der Waals surface area contributed by atoms with Gasteiger partial charge in [0.05, 0.1) is 23.8 Å². The number of carbonyl (C=O) groups is 1. The lowest BCUT2D eigenvalue weighted by molar-refractivity contribution is 0.102. The third-order valence-corrected chi connectivity index (χ3v) is 4.89. The summed E-state index contributed by atoms with van der Waals surface area (Å²) in [7, 11) is 0. The SMILES string of the molecule is CCCC(C)CC(C)CC.Cc1[nH]ncc1NC(=O)c1cnn2cccnc12. The maximum Gasteiger partial charge on any atom is 0.261 e. The van der Waals surface area contributed by atoms with E-state index in [1.807, 2.05) is 6.92 Å². The number of amides is 1. The number of rotatable bonds is 7. The Morgan fingerprint density at radius 3 is 2.68 bits per heavy atom. The molecule has 0 radical (unpaired) electrons. The second kappa shape index (κ2) is 10.6. The molecule has 0 bridgehead atoms. The van der Waals surface area contributed by atoms with Crippen LogP contribution in [0.25, 0.3) is 5.65 Å². The van der Waals surface area contributed by atoms with Gasteiger partial charge in [0.15, 0.2) is 5.65 Å². The highest BCUT2D eigenvalue weighted by atomic mass is 16.1. The number of carbonyl (C=O) groups excluding carboxylic acids is 1. The number of anilines is 1. The molecule has 2 atom stereocenters. The molecule has 7 heteroatoms. The van der Waals surface area contributed by atoms with Crippen molar-refractivity contribution in [2.45, 2.75) is 60.3 Å².